The van der Waals surface area contributed by atoms with Gasteiger partial charge in [-0.1, -0.05) is 45.2 Å². The maximum Gasteiger partial charge on any atom is 0.145 e. The molecule has 0 aliphatic heterocycles. The van der Waals surface area contributed by atoms with Crippen LogP contribution in [0.5, 0.6) is 11.5 Å². The molecule has 0 saturated heterocycles. The Morgan fingerprint density at radius 2 is 1.84 bits per heavy atom. The third-order valence-electron chi connectivity index (χ3n) is 2.37. The minimum absolute atomic E-state index is 0.0342. The van der Waals surface area contributed by atoms with E-state index in [0.717, 1.165) is 5.56 Å². The molecule has 2 aromatic rings. The zero-order valence-electron chi connectivity index (χ0n) is 9.39. The van der Waals surface area contributed by atoms with Gasteiger partial charge in [-0.15, -0.1) is 0 Å². The van der Waals surface area contributed by atoms with E-state index in [9.17, 15) is 4.39 Å². The predicted molar refractivity (Wildman–Crippen MR) is 83.3 cm³/mol. The summed E-state index contributed by atoms with van der Waals surface area (Å²) in [6, 6.07) is 7.95. The summed E-state index contributed by atoms with van der Waals surface area (Å²) in [5, 5.41) is 1.28. The van der Waals surface area contributed by atoms with Crippen molar-refractivity contribution in [3.63, 3.8) is 0 Å². The van der Waals surface area contributed by atoms with E-state index < -0.39 is 5.82 Å². The number of rotatable bonds is 3. The van der Waals surface area contributed by atoms with Crippen molar-refractivity contribution >= 4 is 55.1 Å². The van der Waals surface area contributed by atoms with E-state index in [-0.39, 0.29) is 5.02 Å². The van der Waals surface area contributed by atoms with Crippen molar-refractivity contribution in [3.8, 4) is 11.5 Å². The molecule has 0 heterocycles. The summed E-state index contributed by atoms with van der Waals surface area (Å²) in [4.78, 5) is 0. The van der Waals surface area contributed by atoms with E-state index in [2.05, 4.69) is 31.9 Å². The zero-order chi connectivity index (χ0) is 14.0. The number of benzene rings is 2. The average molecular weight is 429 g/mol. The lowest BCUT2D eigenvalue weighted by molar-refractivity contribution is 0.473. The molecule has 0 saturated carbocycles. The smallest absolute Gasteiger partial charge is 0.145 e. The molecule has 19 heavy (non-hydrogen) atoms. The van der Waals surface area contributed by atoms with Gasteiger partial charge in [0.15, 0.2) is 0 Å². The van der Waals surface area contributed by atoms with Gasteiger partial charge in [0.05, 0.1) is 9.50 Å². The fourth-order valence-corrected chi connectivity index (χ4v) is 3.02. The molecular formula is C13H7Br2Cl2FO. The Kier molecular flexibility index (Phi) is 5.12. The maximum atomic E-state index is 13.4. The highest BCUT2D eigenvalue weighted by molar-refractivity contribution is 9.10. The van der Waals surface area contributed by atoms with Crippen LogP contribution in [0.25, 0.3) is 0 Å². The molecule has 2 rings (SSSR count). The Morgan fingerprint density at radius 1 is 1.11 bits per heavy atom. The Bertz CT molecular complexity index is 620. The lowest BCUT2D eigenvalue weighted by atomic mass is 10.2. The van der Waals surface area contributed by atoms with E-state index in [1.165, 1.54) is 12.1 Å². The molecule has 100 valence electrons. The van der Waals surface area contributed by atoms with Gasteiger partial charge in [-0.05, 0) is 39.7 Å². The first-order valence-corrected chi connectivity index (χ1v) is 7.85. The second kappa shape index (κ2) is 6.44. The molecule has 2 aromatic carbocycles. The molecule has 0 amide bonds. The van der Waals surface area contributed by atoms with Gasteiger partial charge in [0, 0.05) is 16.4 Å². The van der Waals surface area contributed by atoms with Gasteiger partial charge in [0.2, 0.25) is 0 Å². The van der Waals surface area contributed by atoms with Crippen molar-refractivity contribution in [2.75, 3.05) is 0 Å². The van der Waals surface area contributed by atoms with Crippen LogP contribution in [0.1, 0.15) is 5.56 Å². The SMILES string of the molecule is Fc1cc(Oc2ccc(CBr)c(Cl)c2)c(Br)cc1Cl. The van der Waals surface area contributed by atoms with Gasteiger partial charge < -0.3 is 4.74 Å². The molecule has 0 radical (unpaired) electrons. The molecule has 0 spiro atoms. The maximum absolute atomic E-state index is 13.4. The summed E-state index contributed by atoms with van der Waals surface area (Å²) in [5.41, 5.74) is 0.954. The third-order valence-corrected chi connectivity index (χ3v) is 4.24. The predicted octanol–water partition coefficient (Wildman–Crippen LogP) is 6.58. The molecule has 0 aliphatic carbocycles. The van der Waals surface area contributed by atoms with Gasteiger partial charge in [0.25, 0.3) is 0 Å². The topological polar surface area (TPSA) is 9.23 Å². The minimum Gasteiger partial charge on any atom is -0.456 e. The van der Waals surface area contributed by atoms with Crippen LogP contribution in [-0.4, -0.2) is 0 Å². The minimum atomic E-state index is -0.539. The molecule has 0 bridgehead atoms. The molecule has 0 N–H and O–H groups in total. The van der Waals surface area contributed by atoms with Crippen LogP contribution in [0.2, 0.25) is 10.0 Å². The highest BCUT2D eigenvalue weighted by atomic mass is 79.9. The highest BCUT2D eigenvalue weighted by Gasteiger charge is 2.10. The summed E-state index contributed by atoms with van der Waals surface area (Å²) in [5.74, 6) is 0.324. The Morgan fingerprint density at radius 3 is 2.47 bits per heavy atom. The van der Waals surface area contributed by atoms with Crippen LogP contribution in [0.3, 0.4) is 0 Å². The Hall–Kier alpha value is -0.290. The standard InChI is InChI=1S/C13H7Br2Cl2FO/c14-6-7-1-2-8(3-10(7)16)19-13-5-12(18)11(17)4-9(13)15/h1-5H,6H2. The molecule has 0 atom stereocenters. The van der Waals surface area contributed by atoms with Crippen LogP contribution in [0, 0.1) is 5.82 Å². The quantitative estimate of drug-likeness (QED) is 0.396. The first kappa shape index (κ1) is 15.1. The number of ether oxygens (including phenoxy) is 1. The number of alkyl halides is 1. The molecule has 1 nitrogen and oxygen atoms in total. The second-order valence-electron chi connectivity index (χ2n) is 3.69. The van der Waals surface area contributed by atoms with E-state index in [0.29, 0.717) is 26.3 Å². The number of hydrogen-bond donors (Lipinski definition) is 0. The van der Waals surface area contributed by atoms with Crippen LogP contribution in [0.4, 0.5) is 4.39 Å². The van der Waals surface area contributed by atoms with Crippen molar-refractivity contribution in [3.05, 3.63) is 56.2 Å². The monoisotopic (exact) mass is 426 g/mol. The first-order valence-electron chi connectivity index (χ1n) is 5.18. The van der Waals surface area contributed by atoms with Gasteiger partial charge in [0.1, 0.15) is 17.3 Å². The molecule has 0 unspecified atom stereocenters. The fourth-order valence-electron chi connectivity index (χ4n) is 1.41. The van der Waals surface area contributed by atoms with E-state index in [1.54, 1.807) is 12.1 Å². The lowest BCUT2D eigenvalue weighted by Gasteiger charge is -2.10. The first-order chi connectivity index (χ1) is 9.01. The third kappa shape index (κ3) is 3.63. The summed E-state index contributed by atoms with van der Waals surface area (Å²) >= 11 is 18.3. The average Bonchev–Trinajstić information content (AvgIpc) is 2.36. The van der Waals surface area contributed by atoms with Gasteiger partial charge in [-0.2, -0.15) is 0 Å². The van der Waals surface area contributed by atoms with E-state index in [1.807, 2.05) is 6.07 Å². The Balaban J connectivity index is 2.31. The number of hydrogen-bond acceptors (Lipinski definition) is 1. The van der Waals surface area contributed by atoms with Crippen molar-refractivity contribution in [2.45, 2.75) is 5.33 Å². The molecule has 6 heteroatoms. The van der Waals surface area contributed by atoms with Crippen LogP contribution in [0.15, 0.2) is 34.8 Å². The van der Waals surface area contributed by atoms with Crippen molar-refractivity contribution in [2.24, 2.45) is 0 Å². The van der Waals surface area contributed by atoms with Gasteiger partial charge in [-0.3, -0.25) is 0 Å². The van der Waals surface area contributed by atoms with Crippen molar-refractivity contribution in [1.82, 2.24) is 0 Å². The summed E-state index contributed by atoms with van der Waals surface area (Å²) in [6.45, 7) is 0. The van der Waals surface area contributed by atoms with Crippen LogP contribution >= 0.6 is 55.1 Å². The lowest BCUT2D eigenvalue weighted by Crippen LogP contribution is -1.89. The van der Waals surface area contributed by atoms with E-state index >= 15 is 0 Å². The van der Waals surface area contributed by atoms with Gasteiger partial charge >= 0.3 is 0 Å². The largest absolute Gasteiger partial charge is 0.456 e. The highest BCUT2D eigenvalue weighted by Crippen LogP contribution is 2.35. The number of halogens is 5. The second-order valence-corrected chi connectivity index (χ2v) is 5.92. The normalized spacial score (nSPS) is 10.6. The summed E-state index contributed by atoms with van der Waals surface area (Å²) in [6.07, 6.45) is 0. The summed E-state index contributed by atoms with van der Waals surface area (Å²) in [7, 11) is 0. The van der Waals surface area contributed by atoms with Gasteiger partial charge in [-0.25, -0.2) is 4.39 Å². The molecule has 0 aliphatic rings. The molecule has 0 fully saturated rings. The Labute approximate surface area is 136 Å². The fraction of sp³-hybridized carbons (Fsp3) is 0.0769. The van der Waals surface area contributed by atoms with Crippen molar-refractivity contribution in [1.29, 1.82) is 0 Å². The summed E-state index contributed by atoms with van der Waals surface area (Å²) < 4.78 is 19.5. The zero-order valence-corrected chi connectivity index (χ0v) is 14.1. The van der Waals surface area contributed by atoms with Crippen molar-refractivity contribution < 1.29 is 9.13 Å². The molecular weight excluding hydrogens is 422 g/mol. The van der Waals surface area contributed by atoms with Crippen LogP contribution in [-0.2, 0) is 5.33 Å². The molecule has 0 aromatic heterocycles. The van der Waals surface area contributed by atoms with E-state index in [4.69, 9.17) is 27.9 Å². The van der Waals surface area contributed by atoms with Crippen LogP contribution < -0.4 is 4.74 Å².